The van der Waals surface area contributed by atoms with E-state index >= 15 is 0 Å². The largest absolute Gasteiger partial charge is 0.480 e. The summed E-state index contributed by atoms with van der Waals surface area (Å²) in [6, 6.07) is 9.50. The van der Waals surface area contributed by atoms with E-state index in [1.807, 2.05) is 44.2 Å². The predicted octanol–water partition coefficient (Wildman–Crippen LogP) is 2.13. The molecule has 1 aromatic carbocycles. The lowest BCUT2D eigenvalue weighted by molar-refractivity contribution is -0.145. The Morgan fingerprint density at radius 1 is 1.30 bits per heavy atom. The smallest absolute Gasteiger partial charge is 0.323 e. The summed E-state index contributed by atoms with van der Waals surface area (Å²) in [6.45, 7) is 3.51. The molecule has 1 unspecified atom stereocenters. The van der Waals surface area contributed by atoms with E-state index < -0.39 is 5.97 Å². The summed E-state index contributed by atoms with van der Waals surface area (Å²) >= 11 is 0. The summed E-state index contributed by atoms with van der Waals surface area (Å²) in [5, 5.41) is 13.2. The molecule has 1 atom stereocenters. The number of rotatable bonds is 7. The summed E-state index contributed by atoms with van der Waals surface area (Å²) in [5.41, 5.74) is 1.67. The average Bonchev–Trinajstić information content (AvgIpc) is 3.01. The molecule has 1 N–H and O–H groups in total. The molecular weight excluding hydrogens is 294 g/mol. The zero-order valence-electron chi connectivity index (χ0n) is 13.3. The minimum atomic E-state index is -1.00. The highest BCUT2D eigenvalue weighted by Crippen LogP contribution is 2.11. The van der Waals surface area contributed by atoms with Gasteiger partial charge in [0.05, 0.1) is 18.3 Å². The van der Waals surface area contributed by atoms with E-state index in [4.69, 9.17) is 5.11 Å². The number of carboxylic acids is 1. The predicted molar refractivity (Wildman–Crippen MR) is 86.4 cm³/mol. The molecule has 2 aromatic rings. The van der Waals surface area contributed by atoms with Crippen LogP contribution in [-0.2, 0) is 16.0 Å². The topological polar surface area (TPSA) is 75.4 Å². The van der Waals surface area contributed by atoms with Crippen LogP contribution in [-0.4, -0.2) is 44.3 Å². The summed E-state index contributed by atoms with van der Waals surface area (Å²) in [7, 11) is 0. The third-order valence-electron chi connectivity index (χ3n) is 3.76. The fourth-order valence-corrected chi connectivity index (χ4v) is 2.31. The Bertz CT molecular complexity index is 667. The van der Waals surface area contributed by atoms with Crippen LogP contribution < -0.4 is 0 Å². The molecule has 1 heterocycles. The van der Waals surface area contributed by atoms with Gasteiger partial charge in [0.1, 0.15) is 6.54 Å². The maximum Gasteiger partial charge on any atom is 0.323 e. The summed E-state index contributed by atoms with van der Waals surface area (Å²) in [6.07, 6.45) is 4.29. The number of benzene rings is 1. The van der Waals surface area contributed by atoms with E-state index in [0.717, 1.165) is 11.3 Å². The number of nitrogens with zero attached hydrogens (tertiary/aromatic N) is 3. The number of hydrogen-bond acceptors (Lipinski definition) is 3. The fourth-order valence-electron chi connectivity index (χ4n) is 2.31. The lowest BCUT2D eigenvalue weighted by Crippen LogP contribution is -2.42. The van der Waals surface area contributed by atoms with Crippen molar-refractivity contribution >= 4 is 11.9 Å². The first-order valence-electron chi connectivity index (χ1n) is 7.61. The van der Waals surface area contributed by atoms with Crippen molar-refractivity contribution in [3.8, 4) is 5.69 Å². The van der Waals surface area contributed by atoms with Gasteiger partial charge in [0, 0.05) is 12.2 Å². The molecule has 0 fully saturated rings. The number of carbonyl (C=O) groups is 2. The van der Waals surface area contributed by atoms with E-state index in [2.05, 4.69) is 5.10 Å². The number of aliphatic carboxylic acids is 1. The Hall–Kier alpha value is -2.63. The third kappa shape index (κ3) is 4.42. The van der Waals surface area contributed by atoms with Gasteiger partial charge in [-0.2, -0.15) is 5.10 Å². The minimum absolute atomic E-state index is 0.109. The van der Waals surface area contributed by atoms with Crippen molar-refractivity contribution in [2.75, 3.05) is 6.54 Å². The van der Waals surface area contributed by atoms with Crippen molar-refractivity contribution in [3.05, 3.63) is 48.3 Å². The van der Waals surface area contributed by atoms with Gasteiger partial charge < -0.3 is 10.0 Å². The van der Waals surface area contributed by atoms with Gasteiger partial charge in [-0.3, -0.25) is 9.59 Å². The molecule has 0 aliphatic rings. The van der Waals surface area contributed by atoms with Gasteiger partial charge in [0.15, 0.2) is 0 Å². The molecule has 2 rings (SSSR count). The highest BCUT2D eigenvalue weighted by atomic mass is 16.4. The zero-order chi connectivity index (χ0) is 16.8. The van der Waals surface area contributed by atoms with Crippen LogP contribution >= 0.6 is 0 Å². The molecule has 122 valence electrons. The molecule has 0 saturated carbocycles. The van der Waals surface area contributed by atoms with Crippen LogP contribution in [0.2, 0.25) is 0 Å². The average molecular weight is 315 g/mol. The molecule has 6 heteroatoms. The van der Waals surface area contributed by atoms with Crippen LogP contribution in [0.4, 0.5) is 0 Å². The number of carbonyl (C=O) groups excluding carboxylic acids is 1. The van der Waals surface area contributed by atoms with Crippen LogP contribution in [0.25, 0.3) is 5.69 Å². The second-order valence-electron chi connectivity index (χ2n) is 5.48. The number of carboxylic acid groups (broad SMARTS) is 1. The minimum Gasteiger partial charge on any atom is -0.480 e. The number of aromatic nitrogens is 2. The molecule has 6 nitrogen and oxygen atoms in total. The normalized spacial score (nSPS) is 11.9. The van der Waals surface area contributed by atoms with Crippen molar-refractivity contribution in [2.24, 2.45) is 0 Å². The Kier molecular flexibility index (Phi) is 5.51. The number of hydrogen-bond donors (Lipinski definition) is 1. The summed E-state index contributed by atoms with van der Waals surface area (Å²) in [4.78, 5) is 24.8. The molecule has 0 bridgehead atoms. The fraction of sp³-hybridized carbons (Fsp3) is 0.353. The Labute approximate surface area is 135 Å². The van der Waals surface area contributed by atoms with Gasteiger partial charge in [-0.25, -0.2) is 4.68 Å². The van der Waals surface area contributed by atoms with Crippen LogP contribution in [0, 0.1) is 0 Å². The number of amides is 1. The van der Waals surface area contributed by atoms with Gasteiger partial charge in [-0.1, -0.05) is 25.1 Å². The Morgan fingerprint density at radius 2 is 2.00 bits per heavy atom. The van der Waals surface area contributed by atoms with Gasteiger partial charge in [0.2, 0.25) is 5.91 Å². The highest BCUT2D eigenvalue weighted by molar-refractivity contribution is 5.83. The molecule has 1 aromatic heterocycles. The monoisotopic (exact) mass is 315 g/mol. The molecule has 0 aliphatic heterocycles. The first-order valence-corrected chi connectivity index (χ1v) is 7.61. The maximum atomic E-state index is 12.4. The molecule has 0 spiro atoms. The van der Waals surface area contributed by atoms with Crippen molar-refractivity contribution in [1.29, 1.82) is 0 Å². The van der Waals surface area contributed by atoms with Crippen molar-refractivity contribution in [2.45, 2.75) is 32.7 Å². The van der Waals surface area contributed by atoms with Gasteiger partial charge in [-0.15, -0.1) is 0 Å². The second-order valence-corrected chi connectivity index (χ2v) is 5.48. The van der Waals surface area contributed by atoms with Crippen LogP contribution in [0.3, 0.4) is 0 Å². The van der Waals surface area contributed by atoms with E-state index in [1.54, 1.807) is 17.1 Å². The van der Waals surface area contributed by atoms with Crippen LogP contribution in [0.5, 0.6) is 0 Å². The highest BCUT2D eigenvalue weighted by Gasteiger charge is 2.22. The number of para-hydroxylation sites is 1. The first kappa shape index (κ1) is 16.7. The van der Waals surface area contributed by atoms with Crippen molar-refractivity contribution in [3.63, 3.8) is 0 Å². The lowest BCUT2D eigenvalue weighted by atomic mass is 10.1. The van der Waals surface area contributed by atoms with Crippen LogP contribution in [0.1, 0.15) is 25.8 Å². The van der Waals surface area contributed by atoms with Crippen molar-refractivity contribution < 1.29 is 14.7 Å². The molecule has 1 amide bonds. The van der Waals surface area contributed by atoms with Gasteiger partial charge in [-0.05, 0) is 31.0 Å². The zero-order valence-corrected chi connectivity index (χ0v) is 13.3. The lowest BCUT2D eigenvalue weighted by Gasteiger charge is -2.26. The standard InChI is InChI=1S/C17H21N3O3/c1-3-13(2)19(12-17(22)23)16(21)9-14-10-18-20(11-14)15-7-5-4-6-8-15/h4-8,10-11,13H,3,9,12H2,1-2H3,(H,22,23). The first-order chi connectivity index (χ1) is 11.0. The van der Waals surface area contributed by atoms with Gasteiger partial charge >= 0.3 is 5.97 Å². The molecule has 0 radical (unpaired) electrons. The maximum absolute atomic E-state index is 12.4. The van der Waals surface area contributed by atoms with E-state index in [0.29, 0.717) is 6.42 Å². The van der Waals surface area contributed by atoms with Gasteiger partial charge in [0.25, 0.3) is 0 Å². The van der Waals surface area contributed by atoms with Crippen molar-refractivity contribution in [1.82, 2.24) is 14.7 Å². The van der Waals surface area contributed by atoms with E-state index in [-0.39, 0.29) is 24.9 Å². The summed E-state index contributed by atoms with van der Waals surface area (Å²) < 4.78 is 1.70. The molecule has 0 aliphatic carbocycles. The quantitative estimate of drug-likeness (QED) is 0.849. The molecule has 23 heavy (non-hydrogen) atoms. The third-order valence-corrected chi connectivity index (χ3v) is 3.76. The Balaban J connectivity index is 2.10. The van der Waals surface area contributed by atoms with E-state index in [1.165, 1.54) is 4.90 Å². The summed E-state index contributed by atoms with van der Waals surface area (Å²) in [5.74, 6) is -1.20. The van der Waals surface area contributed by atoms with E-state index in [9.17, 15) is 9.59 Å². The second kappa shape index (κ2) is 7.58. The SMILES string of the molecule is CCC(C)N(CC(=O)O)C(=O)Cc1cnn(-c2ccccc2)c1. The molecule has 0 saturated heterocycles. The molecular formula is C17H21N3O3. The van der Waals surface area contributed by atoms with Crippen LogP contribution in [0.15, 0.2) is 42.7 Å². The Morgan fingerprint density at radius 3 is 2.61 bits per heavy atom.